The van der Waals surface area contributed by atoms with Gasteiger partial charge in [0, 0.05) is 6.42 Å². The molecule has 0 amide bonds. The zero-order chi connectivity index (χ0) is 10.6. The zero-order valence-electron chi connectivity index (χ0n) is 9.26. The molecule has 0 unspecified atom stereocenters. The molecule has 0 aliphatic carbocycles. The molecule has 1 nitrogen and oxygen atoms in total. The first-order valence-corrected chi connectivity index (χ1v) is 4.94. The Morgan fingerprint density at radius 2 is 2.00 bits per heavy atom. The second-order valence-electron chi connectivity index (χ2n) is 3.80. The minimum absolute atomic E-state index is 0.720. The quantitative estimate of drug-likeness (QED) is 0.658. The molecular weight excluding hydrogens is 172 g/mol. The Morgan fingerprint density at radius 1 is 1.29 bits per heavy atom. The normalized spacial score (nSPS) is 9.93. The highest BCUT2D eigenvalue weighted by Crippen LogP contribution is 2.16. The number of aryl methyl sites for hydroxylation is 2. The molecule has 0 spiro atoms. The summed E-state index contributed by atoms with van der Waals surface area (Å²) in [6, 6.07) is 6.18. The van der Waals surface area contributed by atoms with Gasteiger partial charge in [0.1, 0.15) is 5.75 Å². The third-order valence-corrected chi connectivity index (χ3v) is 2.28. The SMILES string of the molecule is C=C(C)CCOc1ccc(C)c(C)c1. The second kappa shape index (κ2) is 4.85. The fourth-order valence-corrected chi connectivity index (χ4v) is 1.15. The average Bonchev–Trinajstić information content (AvgIpc) is 2.10. The van der Waals surface area contributed by atoms with E-state index in [-0.39, 0.29) is 0 Å². The van der Waals surface area contributed by atoms with Gasteiger partial charge in [-0.25, -0.2) is 0 Å². The first-order chi connectivity index (χ1) is 6.59. The molecule has 1 rings (SSSR count). The largest absolute Gasteiger partial charge is 0.493 e. The molecule has 0 saturated carbocycles. The molecule has 0 heterocycles. The van der Waals surface area contributed by atoms with Gasteiger partial charge in [-0.05, 0) is 44.0 Å². The van der Waals surface area contributed by atoms with Crippen molar-refractivity contribution in [2.45, 2.75) is 27.2 Å². The predicted octanol–water partition coefficient (Wildman–Crippen LogP) is 3.65. The Kier molecular flexibility index (Phi) is 3.75. The zero-order valence-corrected chi connectivity index (χ0v) is 9.26. The molecule has 0 aliphatic heterocycles. The van der Waals surface area contributed by atoms with Crippen LogP contribution >= 0.6 is 0 Å². The lowest BCUT2D eigenvalue weighted by atomic mass is 10.1. The van der Waals surface area contributed by atoms with Gasteiger partial charge < -0.3 is 4.74 Å². The first-order valence-electron chi connectivity index (χ1n) is 4.94. The van der Waals surface area contributed by atoms with Gasteiger partial charge in [-0.1, -0.05) is 11.6 Å². The van der Waals surface area contributed by atoms with Gasteiger partial charge in [0.2, 0.25) is 0 Å². The maximum atomic E-state index is 5.59. The summed E-state index contributed by atoms with van der Waals surface area (Å²) in [6.45, 7) is 10.8. The van der Waals surface area contributed by atoms with Crippen LogP contribution in [0.25, 0.3) is 0 Å². The molecule has 0 atom stereocenters. The maximum absolute atomic E-state index is 5.59. The lowest BCUT2D eigenvalue weighted by Gasteiger charge is -2.07. The highest BCUT2D eigenvalue weighted by Gasteiger charge is 1.96. The molecule has 0 saturated heterocycles. The molecule has 0 aliphatic rings. The maximum Gasteiger partial charge on any atom is 0.119 e. The van der Waals surface area contributed by atoms with Crippen LogP contribution in [-0.2, 0) is 0 Å². The van der Waals surface area contributed by atoms with E-state index in [9.17, 15) is 0 Å². The van der Waals surface area contributed by atoms with Crippen molar-refractivity contribution in [3.63, 3.8) is 0 Å². The number of rotatable bonds is 4. The van der Waals surface area contributed by atoms with Crippen molar-refractivity contribution in [1.82, 2.24) is 0 Å². The molecule has 0 fully saturated rings. The molecule has 76 valence electrons. The molecule has 0 radical (unpaired) electrons. The van der Waals surface area contributed by atoms with E-state index in [2.05, 4.69) is 32.6 Å². The summed E-state index contributed by atoms with van der Waals surface area (Å²) in [5.74, 6) is 0.953. The summed E-state index contributed by atoms with van der Waals surface area (Å²) in [5.41, 5.74) is 3.74. The van der Waals surface area contributed by atoms with Crippen molar-refractivity contribution in [3.8, 4) is 5.75 Å². The molecule has 0 aromatic heterocycles. The van der Waals surface area contributed by atoms with E-state index in [0.29, 0.717) is 0 Å². The van der Waals surface area contributed by atoms with Crippen LogP contribution in [0.4, 0.5) is 0 Å². The van der Waals surface area contributed by atoms with Crippen molar-refractivity contribution in [2.75, 3.05) is 6.61 Å². The lowest BCUT2D eigenvalue weighted by molar-refractivity contribution is 0.321. The average molecular weight is 190 g/mol. The van der Waals surface area contributed by atoms with Crippen LogP contribution in [0, 0.1) is 13.8 Å². The fraction of sp³-hybridized carbons (Fsp3) is 0.385. The summed E-state index contributed by atoms with van der Waals surface area (Å²) in [4.78, 5) is 0. The van der Waals surface area contributed by atoms with Gasteiger partial charge >= 0.3 is 0 Å². The molecule has 1 aromatic rings. The van der Waals surface area contributed by atoms with Crippen molar-refractivity contribution in [3.05, 3.63) is 41.5 Å². The van der Waals surface area contributed by atoms with Crippen molar-refractivity contribution >= 4 is 0 Å². The van der Waals surface area contributed by atoms with Crippen molar-refractivity contribution in [1.29, 1.82) is 0 Å². The Morgan fingerprint density at radius 3 is 2.57 bits per heavy atom. The molecule has 14 heavy (non-hydrogen) atoms. The molecule has 0 bridgehead atoms. The number of ether oxygens (including phenoxy) is 1. The molecule has 1 heteroatoms. The lowest BCUT2D eigenvalue weighted by Crippen LogP contribution is -1.97. The fourth-order valence-electron chi connectivity index (χ4n) is 1.15. The third-order valence-electron chi connectivity index (χ3n) is 2.28. The predicted molar refractivity (Wildman–Crippen MR) is 60.8 cm³/mol. The van der Waals surface area contributed by atoms with Crippen LogP contribution in [-0.4, -0.2) is 6.61 Å². The third kappa shape index (κ3) is 3.25. The van der Waals surface area contributed by atoms with Crippen LogP contribution in [0.3, 0.4) is 0 Å². The minimum atomic E-state index is 0.720. The number of hydrogen-bond acceptors (Lipinski definition) is 1. The van der Waals surface area contributed by atoms with E-state index in [4.69, 9.17) is 4.74 Å². The van der Waals surface area contributed by atoms with Gasteiger partial charge in [-0.2, -0.15) is 0 Å². The molecule has 0 N–H and O–H groups in total. The highest BCUT2D eigenvalue weighted by molar-refractivity contribution is 5.33. The molecule has 1 aromatic carbocycles. The van der Waals surface area contributed by atoms with Gasteiger partial charge in [-0.15, -0.1) is 6.58 Å². The van der Waals surface area contributed by atoms with Crippen LogP contribution in [0.15, 0.2) is 30.4 Å². The summed E-state index contributed by atoms with van der Waals surface area (Å²) in [7, 11) is 0. The molecular formula is C13H18O. The smallest absolute Gasteiger partial charge is 0.119 e. The Balaban J connectivity index is 2.51. The van der Waals surface area contributed by atoms with Crippen LogP contribution in [0.1, 0.15) is 24.5 Å². The van der Waals surface area contributed by atoms with Gasteiger partial charge in [0.25, 0.3) is 0 Å². The van der Waals surface area contributed by atoms with Crippen LogP contribution in [0.5, 0.6) is 5.75 Å². The Bertz CT molecular complexity index is 326. The minimum Gasteiger partial charge on any atom is -0.493 e. The Hall–Kier alpha value is -1.24. The van der Waals surface area contributed by atoms with Crippen molar-refractivity contribution in [2.24, 2.45) is 0 Å². The van der Waals surface area contributed by atoms with Crippen LogP contribution < -0.4 is 4.74 Å². The highest BCUT2D eigenvalue weighted by atomic mass is 16.5. The number of benzene rings is 1. The van der Waals surface area contributed by atoms with E-state index < -0.39 is 0 Å². The van der Waals surface area contributed by atoms with E-state index in [0.717, 1.165) is 24.4 Å². The van der Waals surface area contributed by atoms with E-state index in [1.165, 1.54) is 11.1 Å². The summed E-state index contributed by atoms with van der Waals surface area (Å²) < 4.78 is 5.59. The van der Waals surface area contributed by atoms with E-state index in [1.807, 2.05) is 13.0 Å². The van der Waals surface area contributed by atoms with Crippen LogP contribution in [0.2, 0.25) is 0 Å². The van der Waals surface area contributed by atoms with Gasteiger partial charge in [-0.3, -0.25) is 0 Å². The van der Waals surface area contributed by atoms with Crippen molar-refractivity contribution < 1.29 is 4.74 Å². The number of hydrogen-bond donors (Lipinski definition) is 0. The standard InChI is InChI=1S/C13H18O/c1-10(2)7-8-14-13-6-5-11(3)12(4)9-13/h5-6,9H,1,7-8H2,2-4H3. The monoisotopic (exact) mass is 190 g/mol. The summed E-state index contributed by atoms with van der Waals surface area (Å²) >= 11 is 0. The van der Waals surface area contributed by atoms with E-state index in [1.54, 1.807) is 0 Å². The second-order valence-corrected chi connectivity index (χ2v) is 3.80. The topological polar surface area (TPSA) is 9.23 Å². The summed E-state index contributed by atoms with van der Waals surface area (Å²) in [5, 5.41) is 0. The summed E-state index contributed by atoms with van der Waals surface area (Å²) in [6.07, 6.45) is 0.924. The Labute approximate surface area is 86.4 Å². The van der Waals surface area contributed by atoms with Gasteiger partial charge in [0.05, 0.1) is 6.61 Å². The van der Waals surface area contributed by atoms with E-state index >= 15 is 0 Å². The first kappa shape index (κ1) is 10.8. The van der Waals surface area contributed by atoms with Gasteiger partial charge in [0.15, 0.2) is 0 Å².